The van der Waals surface area contributed by atoms with E-state index in [0.29, 0.717) is 5.92 Å². The van der Waals surface area contributed by atoms with E-state index in [1.807, 2.05) is 0 Å². The van der Waals surface area contributed by atoms with E-state index in [2.05, 4.69) is 12.2 Å². The lowest BCUT2D eigenvalue weighted by molar-refractivity contribution is -0.129. The first-order valence-corrected chi connectivity index (χ1v) is 7.73. The predicted molar refractivity (Wildman–Crippen MR) is 75.5 cm³/mol. The van der Waals surface area contributed by atoms with Crippen LogP contribution >= 0.6 is 0 Å². The largest absolute Gasteiger partial charge is 0.394 e. The normalized spacial score (nSPS) is 39.8. The molecule has 0 aromatic rings. The van der Waals surface area contributed by atoms with Crippen LogP contribution in [0.4, 0.5) is 0 Å². The van der Waals surface area contributed by atoms with Gasteiger partial charge in [0.1, 0.15) is 0 Å². The molecular weight excluding hydrogens is 240 g/mol. The maximum atomic E-state index is 12.4. The summed E-state index contributed by atoms with van der Waals surface area (Å²) in [7, 11) is 0. The summed E-state index contributed by atoms with van der Waals surface area (Å²) in [6.07, 6.45) is 7.68. The maximum Gasteiger partial charge on any atom is 0.223 e. The minimum absolute atomic E-state index is 0.0672. The Bertz CT molecular complexity index is 303. The smallest absolute Gasteiger partial charge is 0.223 e. The van der Waals surface area contributed by atoms with E-state index >= 15 is 0 Å². The molecule has 4 nitrogen and oxygen atoms in total. The van der Waals surface area contributed by atoms with Gasteiger partial charge in [-0.25, -0.2) is 0 Å². The maximum absolute atomic E-state index is 12.4. The zero-order valence-corrected chi connectivity index (χ0v) is 12.0. The topological polar surface area (TPSA) is 75.3 Å². The molecular formula is C15H28N2O2. The molecule has 0 aromatic heterocycles. The van der Waals surface area contributed by atoms with Crippen molar-refractivity contribution in [2.45, 2.75) is 69.9 Å². The lowest BCUT2D eigenvalue weighted by Crippen LogP contribution is -2.55. The Morgan fingerprint density at radius 3 is 2.32 bits per heavy atom. The highest BCUT2D eigenvalue weighted by molar-refractivity contribution is 5.79. The molecule has 0 aromatic carbocycles. The number of nitrogens with two attached hydrogens (primary N) is 1. The third-order valence-corrected chi connectivity index (χ3v) is 5.07. The minimum Gasteiger partial charge on any atom is -0.394 e. The summed E-state index contributed by atoms with van der Waals surface area (Å²) in [6, 6.07) is 0.270. The fraction of sp³-hybridized carbons (Fsp3) is 0.933. The number of hydrogen-bond acceptors (Lipinski definition) is 3. The molecule has 0 radical (unpaired) electrons. The average Bonchev–Trinajstić information content (AvgIpc) is 2.42. The molecule has 2 saturated carbocycles. The molecule has 0 atom stereocenters. The zero-order valence-electron chi connectivity index (χ0n) is 12.0. The van der Waals surface area contributed by atoms with Crippen LogP contribution in [-0.4, -0.2) is 29.2 Å². The number of nitrogens with one attached hydrogen (secondary N) is 1. The number of carbonyl (C=O) groups is 1. The summed E-state index contributed by atoms with van der Waals surface area (Å²) in [5.74, 6) is 0.947. The highest BCUT2D eigenvalue weighted by Crippen LogP contribution is 2.32. The van der Waals surface area contributed by atoms with Crippen molar-refractivity contribution in [1.29, 1.82) is 0 Å². The number of aliphatic hydroxyl groups excluding tert-OH is 1. The molecule has 0 spiro atoms. The van der Waals surface area contributed by atoms with Crippen molar-refractivity contribution in [2.75, 3.05) is 6.61 Å². The van der Waals surface area contributed by atoms with Gasteiger partial charge >= 0.3 is 0 Å². The lowest BCUT2D eigenvalue weighted by atomic mass is 9.76. The first kappa shape index (κ1) is 14.8. The van der Waals surface area contributed by atoms with Gasteiger partial charge in [0, 0.05) is 12.0 Å². The minimum atomic E-state index is -0.358. The third kappa shape index (κ3) is 3.69. The molecule has 0 aliphatic heterocycles. The number of rotatable bonds is 3. The standard InChI is InChI=1S/C15H28N2O2/c1-11-6-8-15(10-18,9-7-11)17-14(19)12-2-4-13(16)5-3-12/h11-13,18H,2-10,16H2,1H3,(H,17,19). The molecule has 0 bridgehead atoms. The summed E-state index contributed by atoms with van der Waals surface area (Å²) in [4.78, 5) is 12.4. The van der Waals surface area contributed by atoms with Crippen LogP contribution in [0.25, 0.3) is 0 Å². The summed E-state index contributed by atoms with van der Waals surface area (Å²) in [5, 5.41) is 12.8. The molecule has 4 N–H and O–H groups in total. The summed E-state index contributed by atoms with van der Waals surface area (Å²) in [6.45, 7) is 2.31. The summed E-state index contributed by atoms with van der Waals surface area (Å²) >= 11 is 0. The molecule has 0 heterocycles. The Labute approximate surface area is 116 Å². The quantitative estimate of drug-likeness (QED) is 0.727. The van der Waals surface area contributed by atoms with E-state index in [4.69, 9.17) is 5.73 Å². The Morgan fingerprint density at radius 2 is 1.79 bits per heavy atom. The first-order valence-electron chi connectivity index (χ1n) is 7.73. The van der Waals surface area contributed by atoms with Crippen LogP contribution in [0.5, 0.6) is 0 Å². The van der Waals surface area contributed by atoms with E-state index in [0.717, 1.165) is 51.4 Å². The van der Waals surface area contributed by atoms with Gasteiger partial charge in [0.15, 0.2) is 0 Å². The molecule has 2 aliphatic carbocycles. The third-order valence-electron chi connectivity index (χ3n) is 5.07. The first-order chi connectivity index (χ1) is 9.04. The number of hydrogen-bond donors (Lipinski definition) is 3. The predicted octanol–water partition coefficient (Wildman–Crippen LogP) is 1.56. The number of carbonyl (C=O) groups excluding carboxylic acids is 1. The second-order valence-corrected chi connectivity index (χ2v) is 6.72. The second kappa shape index (κ2) is 6.23. The van der Waals surface area contributed by atoms with Gasteiger partial charge in [-0.2, -0.15) is 0 Å². The molecule has 2 fully saturated rings. The van der Waals surface area contributed by atoms with Gasteiger partial charge in [-0.1, -0.05) is 6.92 Å². The van der Waals surface area contributed by atoms with Crippen molar-refractivity contribution in [3.63, 3.8) is 0 Å². The van der Waals surface area contributed by atoms with Gasteiger partial charge < -0.3 is 16.2 Å². The van der Waals surface area contributed by atoms with E-state index in [1.54, 1.807) is 0 Å². The van der Waals surface area contributed by atoms with Crippen molar-refractivity contribution in [3.8, 4) is 0 Å². The summed E-state index contributed by atoms with van der Waals surface area (Å²) < 4.78 is 0. The van der Waals surface area contributed by atoms with E-state index < -0.39 is 0 Å². The Kier molecular flexibility index (Phi) is 4.85. The van der Waals surface area contributed by atoms with Crippen LogP contribution in [0.3, 0.4) is 0 Å². The molecule has 2 aliphatic rings. The molecule has 0 unspecified atom stereocenters. The van der Waals surface area contributed by atoms with Gasteiger partial charge in [-0.3, -0.25) is 4.79 Å². The fourth-order valence-corrected chi connectivity index (χ4v) is 3.38. The van der Waals surface area contributed by atoms with Gasteiger partial charge in [0.25, 0.3) is 0 Å². The van der Waals surface area contributed by atoms with Crippen molar-refractivity contribution >= 4 is 5.91 Å². The number of amides is 1. The van der Waals surface area contributed by atoms with Gasteiger partial charge in [0.05, 0.1) is 12.1 Å². The van der Waals surface area contributed by atoms with Crippen molar-refractivity contribution in [3.05, 3.63) is 0 Å². The Hall–Kier alpha value is -0.610. The van der Waals surface area contributed by atoms with E-state index in [1.165, 1.54) is 0 Å². The van der Waals surface area contributed by atoms with Crippen LogP contribution < -0.4 is 11.1 Å². The SMILES string of the molecule is CC1CCC(CO)(NC(=O)C2CCC(N)CC2)CC1. The molecule has 0 saturated heterocycles. The van der Waals surface area contributed by atoms with E-state index in [-0.39, 0.29) is 30.0 Å². The van der Waals surface area contributed by atoms with E-state index in [9.17, 15) is 9.90 Å². The van der Waals surface area contributed by atoms with Crippen molar-refractivity contribution in [2.24, 2.45) is 17.6 Å². The second-order valence-electron chi connectivity index (χ2n) is 6.72. The Morgan fingerprint density at radius 1 is 1.21 bits per heavy atom. The van der Waals surface area contributed by atoms with Crippen LogP contribution in [0.1, 0.15) is 58.3 Å². The van der Waals surface area contributed by atoms with Crippen molar-refractivity contribution in [1.82, 2.24) is 5.32 Å². The Balaban J connectivity index is 1.89. The monoisotopic (exact) mass is 268 g/mol. The fourth-order valence-electron chi connectivity index (χ4n) is 3.38. The molecule has 4 heteroatoms. The number of aliphatic hydroxyl groups is 1. The van der Waals surface area contributed by atoms with Gasteiger partial charge in [-0.05, 0) is 57.3 Å². The molecule has 2 rings (SSSR count). The highest BCUT2D eigenvalue weighted by atomic mass is 16.3. The molecule has 19 heavy (non-hydrogen) atoms. The highest BCUT2D eigenvalue weighted by Gasteiger charge is 2.37. The van der Waals surface area contributed by atoms with Crippen molar-refractivity contribution < 1.29 is 9.90 Å². The van der Waals surface area contributed by atoms with Crippen LogP contribution in [-0.2, 0) is 4.79 Å². The molecule has 1 amide bonds. The van der Waals surface area contributed by atoms with Gasteiger partial charge in [0.2, 0.25) is 5.91 Å². The average molecular weight is 268 g/mol. The lowest BCUT2D eigenvalue weighted by Gasteiger charge is -2.40. The van der Waals surface area contributed by atoms with Crippen LogP contribution in [0, 0.1) is 11.8 Å². The molecule has 110 valence electrons. The van der Waals surface area contributed by atoms with Crippen LogP contribution in [0.2, 0.25) is 0 Å². The zero-order chi connectivity index (χ0) is 13.9. The van der Waals surface area contributed by atoms with Crippen LogP contribution in [0.15, 0.2) is 0 Å². The van der Waals surface area contributed by atoms with Gasteiger partial charge in [-0.15, -0.1) is 0 Å². The summed E-state index contributed by atoms with van der Waals surface area (Å²) in [5.41, 5.74) is 5.52.